The molecular formula is C28H23N9O. The highest BCUT2D eigenvalue weighted by atomic mass is 16.1. The van der Waals surface area contributed by atoms with Gasteiger partial charge >= 0.3 is 0 Å². The van der Waals surface area contributed by atoms with E-state index in [-0.39, 0.29) is 11.8 Å². The molecular weight excluding hydrogens is 478 g/mol. The van der Waals surface area contributed by atoms with Crippen LogP contribution in [0.15, 0.2) is 67.5 Å². The highest BCUT2D eigenvalue weighted by Gasteiger charge is 2.23. The molecule has 1 fully saturated rings. The average molecular weight is 502 g/mol. The molecule has 0 aliphatic heterocycles. The minimum atomic E-state index is 0.0668. The fraction of sp³-hybridized carbons (Fsp3) is 0.179. The van der Waals surface area contributed by atoms with Crippen molar-refractivity contribution in [3.63, 3.8) is 0 Å². The van der Waals surface area contributed by atoms with E-state index in [2.05, 4.69) is 40.4 Å². The topological polar surface area (TPSA) is 138 Å². The first-order valence-electron chi connectivity index (χ1n) is 12.6. The van der Waals surface area contributed by atoms with Crippen molar-refractivity contribution in [3.8, 4) is 33.9 Å². The number of rotatable bonds is 5. The number of aromatic amines is 2. The number of aromatic nitrogens is 8. The molecule has 1 aliphatic rings. The van der Waals surface area contributed by atoms with Crippen molar-refractivity contribution in [2.75, 3.05) is 5.32 Å². The molecule has 6 aromatic rings. The Morgan fingerprint density at radius 1 is 0.895 bits per heavy atom. The lowest BCUT2D eigenvalue weighted by Crippen LogP contribution is -2.20. The van der Waals surface area contributed by atoms with E-state index in [1.54, 1.807) is 37.2 Å². The molecule has 186 valence electrons. The Hall–Kier alpha value is -4.99. The zero-order valence-corrected chi connectivity index (χ0v) is 20.3. The van der Waals surface area contributed by atoms with Crippen LogP contribution in [0.3, 0.4) is 0 Å². The summed E-state index contributed by atoms with van der Waals surface area (Å²) in [5.74, 6) is 0.763. The largest absolute Gasteiger partial charge is 0.336 e. The summed E-state index contributed by atoms with van der Waals surface area (Å²) in [6.45, 7) is 0. The van der Waals surface area contributed by atoms with Gasteiger partial charge < -0.3 is 10.3 Å². The summed E-state index contributed by atoms with van der Waals surface area (Å²) in [4.78, 5) is 38.5. The van der Waals surface area contributed by atoms with Crippen molar-refractivity contribution in [3.05, 3.63) is 67.5 Å². The summed E-state index contributed by atoms with van der Waals surface area (Å²) in [7, 11) is 0. The lowest BCUT2D eigenvalue weighted by Gasteiger charge is -2.11. The van der Waals surface area contributed by atoms with Crippen molar-refractivity contribution in [1.82, 2.24) is 40.1 Å². The lowest BCUT2D eigenvalue weighted by molar-refractivity contribution is -0.119. The van der Waals surface area contributed by atoms with Gasteiger partial charge in [0.15, 0.2) is 11.5 Å². The molecule has 38 heavy (non-hydrogen) atoms. The van der Waals surface area contributed by atoms with E-state index in [0.29, 0.717) is 22.9 Å². The predicted molar refractivity (Wildman–Crippen MR) is 144 cm³/mol. The Kier molecular flexibility index (Phi) is 5.35. The minimum Gasteiger partial charge on any atom is -0.336 e. The van der Waals surface area contributed by atoms with Crippen molar-refractivity contribution >= 4 is 33.7 Å². The highest BCUT2D eigenvalue weighted by molar-refractivity contribution is 5.97. The van der Waals surface area contributed by atoms with E-state index < -0.39 is 0 Å². The molecule has 0 aromatic carbocycles. The Bertz CT molecular complexity index is 1780. The number of pyridine rings is 4. The Labute approximate surface area is 217 Å². The summed E-state index contributed by atoms with van der Waals surface area (Å²) in [6, 6.07) is 9.66. The fourth-order valence-corrected chi connectivity index (χ4v) is 5.10. The molecule has 10 nitrogen and oxygen atoms in total. The number of carbonyl (C=O) groups is 1. The molecule has 3 N–H and O–H groups in total. The monoisotopic (exact) mass is 501 g/mol. The third kappa shape index (κ3) is 3.96. The molecule has 6 aromatic heterocycles. The second kappa shape index (κ2) is 9.15. The second-order valence-electron chi connectivity index (χ2n) is 9.51. The van der Waals surface area contributed by atoms with Gasteiger partial charge in [0.2, 0.25) is 5.91 Å². The molecule has 0 atom stereocenters. The first-order valence-corrected chi connectivity index (χ1v) is 12.6. The number of hydrogen-bond donors (Lipinski definition) is 3. The van der Waals surface area contributed by atoms with Gasteiger partial charge in [-0.2, -0.15) is 5.10 Å². The van der Waals surface area contributed by atoms with Gasteiger partial charge in [0.05, 0.1) is 28.5 Å². The normalized spacial score (nSPS) is 13.9. The van der Waals surface area contributed by atoms with E-state index in [0.717, 1.165) is 64.5 Å². The highest BCUT2D eigenvalue weighted by Crippen LogP contribution is 2.32. The van der Waals surface area contributed by atoms with Crippen molar-refractivity contribution in [2.45, 2.75) is 25.7 Å². The van der Waals surface area contributed by atoms with Crippen LogP contribution in [0, 0.1) is 5.92 Å². The molecule has 0 bridgehead atoms. The molecule has 0 saturated heterocycles. The summed E-state index contributed by atoms with van der Waals surface area (Å²) in [6.07, 6.45) is 14.6. The quantitative estimate of drug-likeness (QED) is 0.297. The van der Waals surface area contributed by atoms with Crippen LogP contribution in [-0.4, -0.2) is 46.0 Å². The summed E-state index contributed by atoms with van der Waals surface area (Å²) in [5, 5.41) is 11.4. The maximum Gasteiger partial charge on any atom is 0.227 e. The number of fused-ring (bicyclic) bond motifs is 2. The smallest absolute Gasteiger partial charge is 0.227 e. The number of nitrogens with zero attached hydrogens (tertiary/aromatic N) is 6. The van der Waals surface area contributed by atoms with E-state index >= 15 is 0 Å². The van der Waals surface area contributed by atoms with Crippen LogP contribution in [-0.2, 0) is 4.79 Å². The maximum atomic E-state index is 12.6. The average Bonchev–Trinajstić information content (AvgIpc) is 3.73. The van der Waals surface area contributed by atoms with Gasteiger partial charge in [-0.15, -0.1) is 0 Å². The minimum absolute atomic E-state index is 0.0668. The van der Waals surface area contributed by atoms with Crippen molar-refractivity contribution in [1.29, 1.82) is 0 Å². The number of imidazole rings is 1. The van der Waals surface area contributed by atoms with Gasteiger partial charge in [0.25, 0.3) is 0 Å². The number of hydrogen-bond acceptors (Lipinski definition) is 7. The van der Waals surface area contributed by atoms with Gasteiger partial charge in [-0.1, -0.05) is 12.8 Å². The van der Waals surface area contributed by atoms with Crippen LogP contribution in [0.5, 0.6) is 0 Å². The molecule has 0 radical (unpaired) electrons. The third-order valence-electron chi connectivity index (χ3n) is 7.04. The number of nitrogens with one attached hydrogen (secondary N) is 3. The van der Waals surface area contributed by atoms with Gasteiger partial charge in [0.1, 0.15) is 11.2 Å². The number of carbonyl (C=O) groups excluding carboxylic acids is 1. The van der Waals surface area contributed by atoms with E-state index in [4.69, 9.17) is 4.98 Å². The first kappa shape index (κ1) is 22.2. The van der Waals surface area contributed by atoms with Gasteiger partial charge in [-0.25, -0.2) is 9.97 Å². The predicted octanol–water partition coefficient (Wildman–Crippen LogP) is 5.15. The number of H-pyrrole nitrogens is 2. The Balaban J connectivity index is 1.25. The van der Waals surface area contributed by atoms with Crippen LogP contribution < -0.4 is 5.32 Å². The standard InChI is InChI=1S/C28H23N9O/c38-28(16-4-1-2-5-16)33-20-10-18(13-30-15-20)19-11-21-24(36-37-26(21)32-14-19)27-34-22-7-9-31-23(25(22)35-27)17-6-3-8-29-12-17/h3,6-16H,1-2,4-5H2,(H,33,38)(H,34,35)(H,32,36,37). The molecule has 7 rings (SSSR count). The van der Waals surface area contributed by atoms with Crippen molar-refractivity contribution < 1.29 is 4.79 Å². The zero-order chi connectivity index (χ0) is 25.5. The van der Waals surface area contributed by atoms with Crippen LogP contribution in [0.2, 0.25) is 0 Å². The molecule has 1 aliphatic carbocycles. The van der Waals surface area contributed by atoms with E-state index in [9.17, 15) is 4.79 Å². The van der Waals surface area contributed by atoms with Crippen LogP contribution in [0.25, 0.3) is 56.0 Å². The van der Waals surface area contributed by atoms with Crippen LogP contribution in [0.1, 0.15) is 25.7 Å². The molecule has 6 heterocycles. The molecule has 0 unspecified atom stereocenters. The number of anilines is 1. The summed E-state index contributed by atoms with van der Waals surface area (Å²) >= 11 is 0. The zero-order valence-electron chi connectivity index (χ0n) is 20.3. The van der Waals surface area contributed by atoms with Gasteiger partial charge in [-0.05, 0) is 43.2 Å². The van der Waals surface area contributed by atoms with E-state index in [1.807, 2.05) is 30.3 Å². The maximum absolute atomic E-state index is 12.6. The fourth-order valence-electron chi connectivity index (χ4n) is 5.10. The molecule has 10 heteroatoms. The summed E-state index contributed by atoms with van der Waals surface area (Å²) < 4.78 is 0. The first-order chi connectivity index (χ1) is 18.7. The lowest BCUT2D eigenvalue weighted by atomic mass is 10.1. The van der Waals surface area contributed by atoms with Gasteiger partial charge in [0, 0.05) is 53.6 Å². The van der Waals surface area contributed by atoms with E-state index in [1.165, 1.54) is 0 Å². The van der Waals surface area contributed by atoms with Crippen LogP contribution >= 0.6 is 0 Å². The number of amides is 1. The molecule has 1 amide bonds. The SMILES string of the molecule is O=C(Nc1cncc(-c2cnc3[nH]nc(-c4nc5c(-c6cccnc6)nccc5[nH]4)c3c2)c1)C1CCCC1. The van der Waals surface area contributed by atoms with Crippen molar-refractivity contribution in [2.24, 2.45) is 5.92 Å². The summed E-state index contributed by atoms with van der Waals surface area (Å²) in [5.41, 5.74) is 6.92. The molecule has 0 spiro atoms. The Morgan fingerprint density at radius 3 is 2.63 bits per heavy atom. The Morgan fingerprint density at radius 2 is 1.76 bits per heavy atom. The third-order valence-corrected chi connectivity index (χ3v) is 7.04. The van der Waals surface area contributed by atoms with Gasteiger partial charge in [-0.3, -0.25) is 24.8 Å². The van der Waals surface area contributed by atoms with Crippen LogP contribution in [0.4, 0.5) is 5.69 Å². The molecule has 1 saturated carbocycles. The second-order valence-corrected chi connectivity index (χ2v) is 9.51.